The Labute approximate surface area is 108 Å². The largest absolute Gasteiger partial charge is 0.472 e. The van der Waals surface area contributed by atoms with Gasteiger partial charge in [-0.25, -0.2) is 0 Å². The lowest BCUT2D eigenvalue weighted by Crippen LogP contribution is -2.30. The van der Waals surface area contributed by atoms with E-state index in [-0.39, 0.29) is 11.3 Å². The molecule has 0 unspecified atom stereocenters. The van der Waals surface area contributed by atoms with E-state index in [0.717, 1.165) is 6.07 Å². The fourth-order valence-electron chi connectivity index (χ4n) is 1.69. The second kappa shape index (κ2) is 4.38. The predicted octanol–water partition coefficient (Wildman–Crippen LogP) is 3.55. The smallest absolute Gasteiger partial charge is 0.417 e. The van der Waals surface area contributed by atoms with E-state index in [1.54, 1.807) is 13.8 Å². The number of nitrogens with two attached hydrogens (primary N) is 1. The number of pyridine rings is 1. The van der Waals surface area contributed by atoms with Crippen LogP contribution in [0.5, 0.6) is 0 Å². The molecule has 0 aromatic carbocycles. The number of nitrogens with zero attached hydrogens (tertiary/aromatic N) is 1. The van der Waals surface area contributed by atoms with Crippen LogP contribution < -0.4 is 5.73 Å². The van der Waals surface area contributed by atoms with Crippen LogP contribution in [0.1, 0.15) is 25.1 Å². The molecule has 3 nitrogen and oxygen atoms in total. The maximum absolute atomic E-state index is 13.1. The highest BCUT2D eigenvalue weighted by Crippen LogP contribution is 2.38. The first-order valence-corrected chi connectivity index (χ1v) is 5.59. The van der Waals surface area contributed by atoms with Crippen molar-refractivity contribution in [2.75, 3.05) is 0 Å². The van der Waals surface area contributed by atoms with Gasteiger partial charge in [-0.3, -0.25) is 4.98 Å². The lowest BCUT2D eigenvalue weighted by molar-refractivity contribution is -0.137. The minimum Gasteiger partial charge on any atom is -0.472 e. The third kappa shape index (κ3) is 2.78. The number of rotatable bonds is 2. The average Bonchev–Trinajstić information content (AvgIpc) is 2.79. The number of halogens is 3. The molecule has 2 aromatic rings. The number of alkyl halides is 3. The van der Waals surface area contributed by atoms with Gasteiger partial charge in [-0.1, -0.05) is 0 Å². The fraction of sp³-hybridized carbons (Fsp3) is 0.308. The van der Waals surface area contributed by atoms with E-state index in [2.05, 4.69) is 4.98 Å². The minimum absolute atomic E-state index is 0.0192. The molecule has 0 aliphatic heterocycles. The van der Waals surface area contributed by atoms with Crippen molar-refractivity contribution < 1.29 is 17.6 Å². The van der Waals surface area contributed by atoms with Crippen LogP contribution in [0.25, 0.3) is 11.1 Å². The highest BCUT2D eigenvalue weighted by molar-refractivity contribution is 5.66. The van der Waals surface area contributed by atoms with E-state index in [9.17, 15) is 13.2 Å². The van der Waals surface area contributed by atoms with Crippen molar-refractivity contribution in [3.63, 3.8) is 0 Å². The zero-order valence-electron chi connectivity index (χ0n) is 10.5. The van der Waals surface area contributed by atoms with Crippen LogP contribution >= 0.6 is 0 Å². The van der Waals surface area contributed by atoms with Crippen molar-refractivity contribution in [1.82, 2.24) is 4.98 Å². The molecule has 0 bridgehead atoms. The summed E-state index contributed by atoms with van der Waals surface area (Å²) in [4.78, 5) is 4.01. The third-order valence-electron chi connectivity index (χ3n) is 2.70. The lowest BCUT2D eigenvalue weighted by Gasteiger charge is -2.20. The molecule has 0 atom stereocenters. The summed E-state index contributed by atoms with van der Waals surface area (Å²) in [6, 6.07) is 2.45. The van der Waals surface area contributed by atoms with Gasteiger partial charge in [0.05, 0.1) is 29.3 Å². The molecule has 0 amide bonds. The van der Waals surface area contributed by atoms with E-state index in [1.807, 2.05) is 0 Å². The van der Waals surface area contributed by atoms with Crippen LogP contribution in [0.4, 0.5) is 13.2 Å². The SMILES string of the molecule is CC(C)(N)c1cc(C(F)(F)F)c(-c2ccoc2)cn1. The van der Waals surface area contributed by atoms with Crippen molar-refractivity contribution in [3.05, 3.63) is 42.1 Å². The van der Waals surface area contributed by atoms with Crippen LogP contribution in [0.3, 0.4) is 0 Å². The number of furan rings is 1. The van der Waals surface area contributed by atoms with E-state index < -0.39 is 17.3 Å². The summed E-state index contributed by atoms with van der Waals surface area (Å²) in [6.45, 7) is 3.21. The Morgan fingerprint density at radius 3 is 2.42 bits per heavy atom. The molecule has 2 aromatic heterocycles. The quantitative estimate of drug-likeness (QED) is 0.907. The molecule has 0 aliphatic rings. The van der Waals surface area contributed by atoms with Gasteiger partial charge in [0, 0.05) is 17.3 Å². The molecular weight excluding hydrogens is 257 g/mol. The van der Waals surface area contributed by atoms with Gasteiger partial charge >= 0.3 is 6.18 Å². The van der Waals surface area contributed by atoms with E-state index in [0.29, 0.717) is 5.56 Å². The Kier molecular flexibility index (Phi) is 3.14. The highest BCUT2D eigenvalue weighted by Gasteiger charge is 2.35. The molecule has 6 heteroatoms. The number of hydrogen-bond acceptors (Lipinski definition) is 3. The Morgan fingerprint density at radius 1 is 1.26 bits per heavy atom. The van der Waals surface area contributed by atoms with Crippen molar-refractivity contribution >= 4 is 0 Å². The number of aromatic nitrogens is 1. The van der Waals surface area contributed by atoms with Crippen molar-refractivity contribution in [2.45, 2.75) is 25.6 Å². The molecule has 0 saturated heterocycles. The van der Waals surface area contributed by atoms with Crippen LogP contribution in [-0.2, 0) is 11.7 Å². The van der Waals surface area contributed by atoms with Gasteiger partial charge in [-0.05, 0) is 26.0 Å². The number of hydrogen-bond donors (Lipinski definition) is 1. The van der Waals surface area contributed by atoms with E-state index >= 15 is 0 Å². The molecule has 0 fully saturated rings. The van der Waals surface area contributed by atoms with Crippen LogP contribution in [-0.4, -0.2) is 4.98 Å². The zero-order chi connectivity index (χ0) is 14.3. The first-order chi connectivity index (χ1) is 8.69. The maximum Gasteiger partial charge on any atom is 0.417 e. The monoisotopic (exact) mass is 270 g/mol. The van der Waals surface area contributed by atoms with Gasteiger partial charge in [0.25, 0.3) is 0 Å². The summed E-state index contributed by atoms with van der Waals surface area (Å²) in [7, 11) is 0. The normalized spacial score (nSPS) is 12.7. The molecule has 0 spiro atoms. The summed E-state index contributed by atoms with van der Waals surface area (Å²) in [5.74, 6) is 0. The van der Waals surface area contributed by atoms with Crippen LogP contribution in [0.15, 0.2) is 35.3 Å². The van der Waals surface area contributed by atoms with Gasteiger partial charge in [0.15, 0.2) is 0 Å². The Bertz CT molecular complexity index is 569. The third-order valence-corrected chi connectivity index (χ3v) is 2.70. The standard InChI is InChI=1S/C13H13F3N2O/c1-12(2,17)11-5-10(13(14,15)16)9(6-18-11)8-3-4-19-7-8/h3-7H,17H2,1-2H3. The van der Waals surface area contributed by atoms with Crippen LogP contribution in [0.2, 0.25) is 0 Å². The van der Waals surface area contributed by atoms with E-state index in [1.165, 1.54) is 24.8 Å². The molecular formula is C13H13F3N2O. The van der Waals surface area contributed by atoms with E-state index in [4.69, 9.17) is 10.2 Å². The summed E-state index contributed by atoms with van der Waals surface area (Å²) in [6.07, 6.45) is -0.733. The Balaban J connectivity index is 2.63. The second-order valence-electron chi connectivity index (χ2n) is 4.85. The first-order valence-electron chi connectivity index (χ1n) is 5.59. The minimum atomic E-state index is -4.48. The fourth-order valence-corrected chi connectivity index (χ4v) is 1.69. The topological polar surface area (TPSA) is 52.0 Å². The molecule has 2 heterocycles. The predicted molar refractivity (Wildman–Crippen MR) is 64.2 cm³/mol. The summed E-state index contributed by atoms with van der Waals surface area (Å²) in [5.41, 5.74) is 4.59. The molecule has 102 valence electrons. The highest BCUT2D eigenvalue weighted by atomic mass is 19.4. The van der Waals surface area contributed by atoms with Gasteiger partial charge in [-0.15, -0.1) is 0 Å². The van der Waals surface area contributed by atoms with Crippen LogP contribution in [0, 0.1) is 0 Å². The summed E-state index contributed by atoms with van der Waals surface area (Å²) < 4.78 is 44.1. The maximum atomic E-state index is 13.1. The molecule has 0 saturated carbocycles. The summed E-state index contributed by atoms with van der Waals surface area (Å²) in [5, 5.41) is 0. The summed E-state index contributed by atoms with van der Waals surface area (Å²) >= 11 is 0. The Morgan fingerprint density at radius 2 is 1.95 bits per heavy atom. The lowest BCUT2D eigenvalue weighted by atomic mass is 9.96. The Hall–Kier alpha value is -1.82. The van der Waals surface area contributed by atoms with Gasteiger partial charge in [0.1, 0.15) is 0 Å². The van der Waals surface area contributed by atoms with Crippen molar-refractivity contribution in [2.24, 2.45) is 5.73 Å². The molecule has 19 heavy (non-hydrogen) atoms. The van der Waals surface area contributed by atoms with Crippen molar-refractivity contribution in [1.29, 1.82) is 0 Å². The van der Waals surface area contributed by atoms with Gasteiger partial charge < -0.3 is 10.2 Å². The van der Waals surface area contributed by atoms with Gasteiger partial charge in [0.2, 0.25) is 0 Å². The van der Waals surface area contributed by atoms with Gasteiger partial charge in [-0.2, -0.15) is 13.2 Å². The molecule has 0 aliphatic carbocycles. The average molecular weight is 270 g/mol. The second-order valence-corrected chi connectivity index (χ2v) is 4.85. The molecule has 0 radical (unpaired) electrons. The zero-order valence-corrected chi connectivity index (χ0v) is 10.5. The first kappa shape index (κ1) is 13.6. The van der Waals surface area contributed by atoms with Crippen molar-refractivity contribution in [3.8, 4) is 11.1 Å². The molecule has 2 rings (SSSR count). The molecule has 2 N–H and O–H groups in total.